The van der Waals surface area contributed by atoms with Crippen molar-refractivity contribution in [2.75, 3.05) is 23.5 Å². The molecule has 4 heterocycles. The third-order valence-electron chi connectivity index (χ3n) is 11.9. The Morgan fingerprint density at radius 1 is 0.550 bits per heavy atom. The molecule has 2 amide bonds. The minimum absolute atomic E-state index is 0.0218. The topological polar surface area (TPSA) is 265 Å². The van der Waals surface area contributed by atoms with Crippen LogP contribution in [0.1, 0.15) is 41.5 Å². The summed E-state index contributed by atoms with van der Waals surface area (Å²) in [7, 11) is -5.44. The van der Waals surface area contributed by atoms with Crippen LogP contribution >= 0.6 is 23.2 Å². The van der Waals surface area contributed by atoms with Crippen molar-refractivity contribution >= 4 is 88.2 Å². The van der Waals surface area contributed by atoms with Crippen LogP contribution in [0.25, 0.3) is 44.1 Å². The average Bonchev–Trinajstić information content (AvgIpc) is 3.40. The SMILES string of the molecule is CNC(=O)[C@@H](C)Cn1cnc2ccc(-c3cnc(OC(C)C)c(NS(=O)(=O)c4ccc(F)cc4Cl)c3)cc2c1=O.CNC(=O)[C@H](C)Cn1cnc2ccc(-c3cnc(OC(C)C)c(NS(=O)(=O)c4ccc(F)cc4Cl)c3)cc2c1=O. The number of aromatic nitrogens is 6. The van der Waals surface area contributed by atoms with Gasteiger partial charge in [0.1, 0.15) is 32.8 Å². The Hall–Kier alpha value is -8.06. The number of halogens is 4. The van der Waals surface area contributed by atoms with Crippen LogP contribution in [0.15, 0.2) is 129 Å². The van der Waals surface area contributed by atoms with Gasteiger partial charge in [0.2, 0.25) is 23.6 Å². The molecule has 0 aliphatic carbocycles. The Bertz CT molecular complexity index is 3780. The molecule has 8 aromatic rings. The number of benzene rings is 4. The number of carbonyl (C=O) groups excluding carboxylic acids is 2. The summed E-state index contributed by atoms with van der Waals surface area (Å²) in [4.78, 5) is 67.0. The summed E-state index contributed by atoms with van der Waals surface area (Å²) in [6.07, 6.45) is 5.14. The highest BCUT2D eigenvalue weighted by Gasteiger charge is 2.25. The molecule has 2 atom stereocenters. The molecule has 0 saturated heterocycles. The van der Waals surface area contributed by atoms with Crippen LogP contribution in [-0.2, 0) is 42.7 Å². The van der Waals surface area contributed by atoms with Crippen molar-refractivity contribution in [1.82, 2.24) is 39.7 Å². The maximum absolute atomic E-state index is 13.5. The van der Waals surface area contributed by atoms with Gasteiger partial charge in [-0.05, 0) is 112 Å². The van der Waals surface area contributed by atoms with Crippen molar-refractivity contribution in [2.24, 2.45) is 11.8 Å². The maximum atomic E-state index is 13.5. The van der Waals surface area contributed by atoms with E-state index in [1.807, 2.05) is 0 Å². The zero-order valence-corrected chi connectivity index (χ0v) is 47.4. The van der Waals surface area contributed by atoms with Crippen LogP contribution in [0.4, 0.5) is 20.2 Å². The highest BCUT2D eigenvalue weighted by molar-refractivity contribution is 7.93. The van der Waals surface area contributed by atoms with Gasteiger partial charge in [0.05, 0.1) is 68.5 Å². The molecule has 0 saturated carbocycles. The summed E-state index contributed by atoms with van der Waals surface area (Å²) < 4.78 is 98.7. The number of pyridine rings is 2. The molecule has 8 rings (SSSR count). The Labute approximate surface area is 468 Å². The van der Waals surface area contributed by atoms with E-state index in [9.17, 15) is 44.8 Å². The van der Waals surface area contributed by atoms with Crippen LogP contribution in [0.2, 0.25) is 10.0 Å². The van der Waals surface area contributed by atoms with Gasteiger partial charge in [-0.25, -0.2) is 45.6 Å². The van der Waals surface area contributed by atoms with E-state index in [0.29, 0.717) is 44.1 Å². The highest BCUT2D eigenvalue weighted by Crippen LogP contribution is 2.35. The van der Waals surface area contributed by atoms with Gasteiger partial charge in [0.25, 0.3) is 31.2 Å². The molecule has 26 heteroatoms. The predicted molar refractivity (Wildman–Crippen MR) is 301 cm³/mol. The number of hydrogen-bond donors (Lipinski definition) is 4. The molecule has 0 aliphatic heterocycles. The van der Waals surface area contributed by atoms with E-state index < -0.39 is 43.5 Å². The first-order valence-electron chi connectivity index (χ1n) is 24.5. The van der Waals surface area contributed by atoms with Gasteiger partial charge < -0.3 is 20.1 Å². The van der Waals surface area contributed by atoms with E-state index in [0.717, 1.165) is 36.4 Å². The second-order valence-corrected chi connectivity index (χ2v) is 22.9. The fraction of sp³-hybridized carbons (Fsp3) is 0.259. The summed E-state index contributed by atoms with van der Waals surface area (Å²) >= 11 is 12.0. The molecule has 20 nitrogen and oxygen atoms in total. The van der Waals surface area contributed by atoms with E-state index in [-0.39, 0.29) is 91.2 Å². The molecule has 420 valence electrons. The van der Waals surface area contributed by atoms with E-state index in [1.54, 1.807) is 77.9 Å². The Balaban J connectivity index is 0.000000231. The standard InChI is InChI=1S/2C27H27ClFN5O5S/c2*1-15(2)39-26-23(33-40(37,38)24-8-6-19(29)11-21(24)28)10-18(12-31-26)17-5-7-22-20(9-17)27(36)34(14-32-22)13-16(3)25(35)30-4/h2*5-12,14-16,33H,13H2,1-4H3,(H,30,35)/t2*16-/m10/s1. The minimum Gasteiger partial charge on any atom is -0.473 e. The van der Waals surface area contributed by atoms with Crippen LogP contribution in [0.5, 0.6) is 11.8 Å². The van der Waals surface area contributed by atoms with E-state index in [2.05, 4.69) is 40.0 Å². The number of rotatable bonds is 18. The molecule has 0 radical (unpaired) electrons. The van der Waals surface area contributed by atoms with Crippen molar-refractivity contribution in [3.05, 3.63) is 152 Å². The summed E-state index contributed by atoms with van der Waals surface area (Å²) in [5.41, 5.74) is 2.38. The van der Waals surface area contributed by atoms with Crippen molar-refractivity contribution in [1.29, 1.82) is 0 Å². The van der Waals surface area contributed by atoms with Gasteiger partial charge in [-0.3, -0.25) is 37.8 Å². The average molecular weight is 1180 g/mol. The molecule has 80 heavy (non-hydrogen) atoms. The van der Waals surface area contributed by atoms with Gasteiger partial charge >= 0.3 is 0 Å². The fourth-order valence-electron chi connectivity index (χ4n) is 7.97. The number of sulfonamides is 2. The molecule has 0 aliphatic rings. The second kappa shape index (κ2) is 24.9. The Morgan fingerprint density at radius 3 is 1.26 bits per heavy atom. The number of fused-ring (bicyclic) bond motifs is 2. The molecule has 0 unspecified atom stereocenters. The Kier molecular flexibility index (Phi) is 18.6. The molecule has 0 bridgehead atoms. The third-order valence-corrected chi connectivity index (χ3v) is 15.6. The lowest BCUT2D eigenvalue weighted by Crippen LogP contribution is -2.32. The molecule has 0 fully saturated rings. The van der Waals surface area contributed by atoms with E-state index in [1.165, 1.54) is 60.4 Å². The van der Waals surface area contributed by atoms with Crippen molar-refractivity contribution in [2.45, 2.75) is 76.6 Å². The first-order chi connectivity index (χ1) is 37.8. The first-order valence-corrected chi connectivity index (χ1v) is 28.2. The quantitative estimate of drug-likeness (QED) is 0.0628. The lowest BCUT2D eigenvalue weighted by Gasteiger charge is -2.16. The number of anilines is 2. The summed E-state index contributed by atoms with van der Waals surface area (Å²) in [6, 6.07) is 19.0. The van der Waals surface area contributed by atoms with Gasteiger partial charge in [-0.2, -0.15) is 0 Å². The normalized spacial score (nSPS) is 12.4. The highest BCUT2D eigenvalue weighted by atomic mass is 35.5. The molecule has 4 N–H and O–H groups in total. The lowest BCUT2D eigenvalue weighted by molar-refractivity contribution is -0.125. The maximum Gasteiger partial charge on any atom is 0.263 e. The number of nitrogens with zero attached hydrogens (tertiary/aromatic N) is 6. The Morgan fingerprint density at radius 2 is 0.925 bits per heavy atom. The smallest absolute Gasteiger partial charge is 0.263 e. The van der Waals surface area contributed by atoms with Crippen LogP contribution in [-0.4, -0.2) is 84.0 Å². The van der Waals surface area contributed by atoms with Crippen LogP contribution in [0, 0.1) is 23.5 Å². The van der Waals surface area contributed by atoms with Gasteiger partial charge in [-0.1, -0.05) is 49.2 Å². The minimum atomic E-state index is -4.25. The van der Waals surface area contributed by atoms with Crippen molar-refractivity contribution in [3.63, 3.8) is 0 Å². The monoisotopic (exact) mass is 1170 g/mol. The van der Waals surface area contributed by atoms with Gasteiger partial charge in [0, 0.05) is 50.7 Å². The fourth-order valence-corrected chi connectivity index (χ4v) is 11.1. The molecule has 4 aromatic heterocycles. The van der Waals surface area contributed by atoms with Crippen molar-refractivity contribution in [3.8, 4) is 34.0 Å². The van der Waals surface area contributed by atoms with Gasteiger partial charge in [0.15, 0.2) is 0 Å². The van der Waals surface area contributed by atoms with Crippen molar-refractivity contribution < 1.29 is 44.7 Å². The van der Waals surface area contributed by atoms with Crippen LogP contribution in [0.3, 0.4) is 0 Å². The number of carbonyl (C=O) groups is 2. The summed E-state index contributed by atoms with van der Waals surface area (Å²) in [5.74, 6) is -2.61. The zero-order valence-electron chi connectivity index (χ0n) is 44.2. The number of hydrogen-bond acceptors (Lipinski definition) is 14. The number of ether oxygens (including phenoxy) is 2. The third kappa shape index (κ3) is 14.0. The molecular weight excluding hydrogens is 1120 g/mol. The largest absolute Gasteiger partial charge is 0.473 e. The number of nitrogens with one attached hydrogen (secondary N) is 4. The zero-order chi connectivity index (χ0) is 58.4. The lowest BCUT2D eigenvalue weighted by atomic mass is 10.0. The molecular formula is C54H54Cl2F2N10O10S2. The summed E-state index contributed by atoms with van der Waals surface area (Å²) in [5, 5.41) is 5.18. The first kappa shape index (κ1) is 59.6. The van der Waals surface area contributed by atoms with E-state index >= 15 is 0 Å². The molecule has 0 spiro atoms. The summed E-state index contributed by atoms with van der Waals surface area (Å²) in [6.45, 7) is 10.8. The van der Waals surface area contributed by atoms with Crippen LogP contribution < -0.4 is 40.7 Å². The second-order valence-electron chi connectivity index (χ2n) is 18.7. The van der Waals surface area contributed by atoms with Gasteiger partial charge in [-0.15, -0.1) is 0 Å². The molecule has 4 aromatic carbocycles. The predicted octanol–water partition coefficient (Wildman–Crippen LogP) is 8.44. The van der Waals surface area contributed by atoms with E-state index in [4.69, 9.17) is 32.7 Å². The number of amides is 2.